The molecular formula is C13H20N4O. The summed E-state index contributed by atoms with van der Waals surface area (Å²) < 4.78 is 5.07. The summed E-state index contributed by atoms with van der Waals surface area (Å²) in [6.45, 7) is 5.96. The van der Waals surface area contributed by atoms with E-state index in [4.69, 9.17) is 10.5 Å². The van der Waals surface area contributed by atoms with E-state index in [9.17, 15) is 0 Å². The number of rotatable bonds is 4. The highest BCUT2D eigenvalue weighted by Crippen LogP contribution is 2.26. The standard InChI is InChI=1S/C13H20N4O/c1-9(2)8-17-11(7-16-13(17)14)10-4-5-12(18-3)15-6-10/h4-6,9,11H,7-8H2,1-3H3,(H2,14,16). The topological polar surface area (TPSA) is 63.7 Å². The second-order valence-corrected chi connectivity index (χ2v) is 4.89. The van der Waals surface area contributed by atoms with E-state index in [2.05, 4.69) is 28.7 Å². The van der Waals surface area contributed by atoms with Crippen LogP contribution in [0.4, 0.5) is 0 Å². The summed E-state index contributed by atoms with van der Waals surface area (Å²) in [6, 6.07) is 4.10. The zero-order valence-electron chi connectivity index (χ0n) is 11.1. The highest BCUT2D eigenvalue weighted by atomic mass is 16.5. The van der Waals surface area contributed by atoms with Gasteiger partial charge in [-0.05, 0) is 17.5 Å². The Morgan fingerprint density at radius 3 is 2.83 bits per heavy atom. The van der Waals surface area contributed by atoms with Crippen molar-refractivity contribution in [3.63, 3.8) is 0 Å². The van der Waals surface area contributed by atoms with Gasteiger partial charge in [-0.25, -0.2) is 4.98 Å². The third-order valence-corrected chi connectivity index (χ3v) is 3.01. The lowest BCUT2D eigenvalue weighted by atomic mass is 10.1. The Kier molecular flexibility index (Phi) is 3.69. The van der Waals surface area contributed by atoms with Gasteiger partial charge in [0.05, 0.1) is 19.7 Å². The summed E-state index contributed by atoms with van der Waals surface area (Å²) in [4.78, 5) is 10.7. The van der Waals surface area contributed by atoms with Crippen molar-refractivity contribution in [2.24, 2.45) is 16.6 Å². The zero-order chi connectivity index (χ0) is 13.1. The second kappa shape index (κ2) is 5.25. The van der Waals surface area contributed by atoms with E-state index in [1.165, 1.54) is 0 Å². The lowest BCUT2D eigenvalue weighted by molar-refractivity contribution is 0.308. The van der Waals surface area contributed by atoms with Crippen LogP contribution in [0.5, 0.6) is 5.88 Å². The molecule has 1 unspecified atom stereocenters. The van der Waals surface area contributed by atoms with Gasteiger partial charge in [0.1, 0.15) is 0 Å². The first-order chi connectivity index (χ1) is 8.61. The number of aliphatic imine (C=N–C) groups is 1. The number of methoxy groups -OCH3 is 1. The summed E-state index contributed by atoms with van der Waals surface area (Å²) in [5.41, 5.74) is 7.07. The minimum absolute atomic E-state index is 0.200. The minimum Gasteiger partial charge on any atom is -0.481 e. The van der Waals surface area contributed by atoms with Gasteiger partial charge in [-0.1, -0.05) is 13.8 Å². The van der Waals surface area contributed by atoms with Crippen LogP contribution in [0.3, 0.4) is 0 Å². The number of nitrogens with two attached hydrogens (primary N) is 1. The summed E-state index contributed by atoms with van der Waals surface area (Å²) in [5.74, 6) is 1.80. The van der Waals surface area contributed by atoms with Gasteiger partial charge >= 0.3 is 0 Å². The molecule has 0 bridgehead atoms. The van der Waals surface area contributed by atoms with E-state index in [-0.39, 0.29) is 6.04 Å². The van der Waals surface area contributed by atoms with Gasteiger partial charge in [0.2, 0.25) is 5.88 Å². The fourth-order valence-corrected chi connectivity index (χ4v) is 2.14. The Morgan fingerprint density at radius 2 is 2.28 bits per heavy atom. The molecule has 2 heterocycles. The van der Waals surface area contributed by atoms with E-state index in [1.54, 1.807) is 7.11 Å². The van der Waals surface area contributed by atoms with Crippen molar-refractivity contribution < 1.29 is 4.74 Å². The molecule has 0 fully saturated rings. The largest absolute Gasteiger partial charge is 0.481 e. The van der Waals surface area contributed by atoms with E-state index in [0.29, 0.717) is 24.3 Å². The van der Waals surface area contributed by atoms with Crippen LogP contribution in [0.1, 0.15) is 25.5 Å². The van der Waals surface area contributed by atoms with Crippen LogP contribution in [0, 0.1) is 5.92 Å². The number of hydrogen-bond donors (Lipinski definition) is 1. The minimum atomic E-state index is 0.200. The molecule has 0 aliphatic carbocycles. The lowest BCUT2D eigenvalue weighted by Crippen LogP contribution is -2.38. The third-order valence-electron chi connectivity index (χ3n) is 3.01. The van der Waals surface area contributed by atoms with Gasteiger partial charge in [-0.2, -0.15) is 0 Å². The van der Waals surface area contributed by atoms with Crippen LogP contribution in [0.2, 0.25) is 0 Å². The highest BCUT2D eigenvalue weighted by molar-refractivity contribution is 5.80. The Morgan fingerprint density at radius 1 is 1.50 bits per heavy atom. The van der Waals surface area contributed by atoms with Crippen LogP contribution >= 0.6 is 0 Å². The van der Waals surface area contributed by atoms with Crippen LogP contribution in [-0.4, -0.2) is 36.0 Å². The molecule has 0 aromatic carbocycles. The van der Waals surface area contributed by atoms with E-state index < -0.39 is 0 Å². The number of aromatic nitrogens is 1. The molecule has 5 nitrogen and oxygen atoms in total. The quantitative estimate of drug-likeness (QED) is 0.875. The summed E-state index contributed by atoms with van der Waals surface area (Å²) >= 11 is 0. The molecule has 0 amide bonds. The van der Waals surface area contributed by atoms with E-state index >= 15 is 0 Å². The van der Waals surface area contributed by atoms with E-state index in [0.717, 1.165) is 12.1 Å². The van der Waals surface area contributed by atoms with Crippen molar-refractivity contribution in [3.05, 3.63) is 23.9 Å². The van der Waals surface area contributed by atoms with Gasteiger partial charge < -0.3 is 15.4 Å². The fraction of sp³-hybridized carbons (Fsp3) is 0.538. The number of guanidine groups is 1. The molecule has 0 saturated heterocycles. The molecule has 0 saturated carbocycles. The fourth-order valence-electron chi connectivity index (χ4n) is 2.14. The number of pyridine rings is 1. The van der Waals surface area contributed by atoms with Gasteiger partial charge in [0, 0.05) is 18.8 Å². The molecule has 1 aromatic rings. The van der Waals surface area contributed by atoms with Crippen molar-refractivity contribution in [3.8, 4) is 5.88 Å². The molecule has 1 aliphatic heterocycles. The molecule has 5 heteroatoms. The van der Waals surface area contributed by atoms with Crippen LogP contribution in [0.25, 0.3) is 0 Å². The smallest absolute Gasteiger partial charge is 0.212 e. The average molecular weight is 248 g/mol. The first-order valence-corrected chi connectivity index (χ1v) is 6.18. The molecule has 1 aliphatic rings. The first-order valence-electron chi connectivity index (χ1n) is 6.18. The molecule has 1 atom stereocenters. The predicted molar refractivity (Wildman–Crippen MR) is 71.6 cm³/mol. The Hall–Kier alpha value is -1.78. The van der Waals surface area contributed by atoms with Gasteiger partial charge in [-0.3, -0.25) is 4.99 Å². The highest BCUT2D eigenvalue weighted by Gasteiger charge is 2.27. The number of nitrogens with zero attached hydrogens (tertiary/aromatic N) is 3. The molecule has 18 heavy (non-hydrogen) atoms. The molecule has 2 N–H and O–H groups in total. The van der Waals surface area contributed by atoms with Crippen LogP contribution < -0.4 is 10.5 Å². The van der Waals surface area contributed by atoms with Gasteiger partial charge in [0.25, 0.3) is 0 Å². The summed E-state index contributed by atoms with van der Waals surface area (Å²) in [7, 11) is 1.61. The zero-order valence-corrected chi connectivity index (χ0v) is 11.1. The molecule has 0 spiro atoms. The monoisotopic (exact) mass is 248 g/mol. The van der Waals surface area contributed by atoms with Crippen molar-refractivity contribution >= 4 is 5.96 Å². The Bertz CT molecular complexity index is 427. The van der Waals surface area contributed by atoms with Crippen molar-refractivity contribution in [2.75, 3.05) is 20.2 Å². The predicted octanol–water partition coefficient (Wildman–Crippen LogP) is 1.42. The van der Waals surface area contributed by atoms with Crippen LogP contribution in [-0.2, 0) is 0 Å². The maximum atomic E-state index is 5.94. The molecule has 1 aromatic heterocycles. The SMILES string of the molecule is COc1ccc(C2CN=C(N)N2CC(C)C)cn1. The Labute approximate surface area is 108 Å². The number of hydrogen-bond acceptors (Lipinski definition) is 5. The summed E-state index contributed by atoms with van der Waals surface area (Å²) in [6.07, 6.45) is 1.84. The second-order valence-electron chi connectivity index (χ2n) is 4.89. The van der Waals surface area contributed by atoms with Crippen molar-refractivity contribution in [1.82, 2.24) is 9.88 Å². The number of ether oxygens (including phenoxy) is 1. The Balaban J connectivity index is 2.16. The average Bonchev–Trinajstić information content (AvgIpc) is 2.71. The van der Waals surface area contributed by atoms with Crippen molar-refractivity contribution in [1.29, 1.82) is 0 Å². The summed E-state index contributed by atoms with van der Waals surface area (Å²) in [5, 5.41) is 0. The maximum Gasteiger partial charge on any atom is 0.212 e. The first kappa shape index (κ1) is 12.7. The van der Waals surface area contributed by atoms with Gasteiger partial charge in [-0.15, -0.1) is 0 Å². The van der Waals surface area contributed by atoms with Gasteiger partial charge in [0.15, 0.2) is 5.96 Å². The molecule has 0 radical (unpaired) electrons. The molecular weight excluding hydrogens is 228 g/mol. The molecule has 2 rings (SSSR count). The van der Waals surface area contributed by atoms with Crippen LogP contribution in [0.15, 0.2) is 23.3 Å². The third kappa shape index (κ3) is 2.55. The van der Waals surface area contributed by atoms with E-state index in [1.807, 2.05) is 18.3 Å². The normalized spacial score (nSPS) is 19.2. The molecule has 98 valence electrons. The van der Waals surface area contributed by atoms with Crippen molar-refractivity contribution in [2.45, 2.75) is 19.9 Å². The maximum absolute atomic E-state index is 5.94. The lowest BCUT2D eigenvalue weighted by Gasteiger charge is -2.28.